The molecule has 3 aromatic rings. The van der Waals surface area contributed by atoms with Gasteiger partial charge < -0.3 is 20.3 Å². The highest BCUT2D eigenvalue weighted by molar-refractivity contribution is 7.90. The fourth-order valence-corrected chi connectivity index (χ4v) is 5.29. The maximum atomic E-state index is 13.0. The zero-order valence-corrected chi connectivity index (χ0v) is 17.8. The highest BCUT2D eigenvalue weighted by Crippen LogP contribution is 2.43. The fourth-order valence-electron chi connectivity index (χ4n) is 4.66. The molecule has 3 heterocycles. The first-order valence-electron chi connectivity index (χ1n) is 10.2. The van der Waals surface area contributed by atoms with Crippen LogP contribution in [-0.2, 0) is 20.2 Å². The van der Waals surface area contributed by atoms with Crippen LogP contribution in [0.4, 0.5) is 11.6 Å². The summed E-state index contributed by atoms with van der Waals surface area (Å²) in [7, 11) is -3.27. The first-order valence-corrected chi connectivity index (χ1v) is 12.1. The normalized spacial score (nSPS) is 20.5. The lowest BCUT2D eigenvalue weighted by Gasteiger charge is -2.43. The minimum Gasteiger partial charge on any atom is -0.368 e. The number of benzene rings is 1. The third-order valence-corrected chi connectivity index (χ3v) is 7.32. The van der Waals surface area contributed by atoms with Crippen LogP contribution < -0.4 is 10.6 Å². The Labute approximate surface area is 179 Å². The highest BCUT2D eigenvalue weighted by atomic mass is 32.2. The second kappa shape index (κ2) is 7.03. The lowest BCUT2D eigenvalue weighted by molar-refractivity contribution is -0.138. The third kappa shape index (κ3) is 3.26. The van der Waals surface area contributed by atoms with Crippen LogP contribution in [-0.4, -0.2) is 40.2 Å². The zero-order chi connectivity index (χ0) is 21.8. The van der Waals surface area contributed by atoms with Gasteiger partial charge in [0, 0.05) is 23.5 Å². The first kappa shape index (κ1) is 20.0. The standard InChI is InChI=1S/C21H23N5O4S/c1-31(29,30)15-7-5-14(6-8-15)23-20-22-12-13-11-16-18(27)25-19(28)21(9-3-2-4-10-21)26(16)17(13)24-20/h5-8,11-12,18,27H,2-4,9-10H2,1H3,(H,25,28)(H,22,23,24). The number of rotatable bonds is 3. The molecule has 31 heavy (non-hydrogen) atoms. The molecule has 0 saturated heterocycles. The van der Waals surface area contributed by atoms with Crippen LogP contribution in [0.2, 0.25) is 0 Å². The monoisotopic (exact) mass is 441 g/mol. The van der Waals surface area contributed by atoms with E-state index in [1.165, 1.54) is 12.1 Å². The van der Waals surface area contributed by atoms with Gasteiger partial charge in [-0.2, -0.15) is 4.98 Å². The molecule has 0 radical (unpaired) electrons. The first-order chi connectivity index (χ1) is 14.8. The molecular formula is C21H23N5O4S. The number of fused-ring (bicyclic) bond motifs is 4. The van der Waals surface area contributed by atoms with Crippen molar-refractivity contribution in [3.63, 3.8) is 0 Å². The number of carbonyl (C=O) groups excluding carboxylic acids is 1. The largest absolute Gasteiger partial charge is 0.368 e. The Morgan fingerprint density at radius 1 is 1.19 bits per heavy atom. The van der Waals surface area contributed by atoms with E-state index in [0.717, 1.165) is 30.9 Å². The van der Waals surface area contributed by atoms with E-state index in [9.17, 15) is 18.3 Å². The molecule has 5 rings (SSSR count). The second-order valence-electron chi connectivity index (χ2n) is 8.27. The number of anilines is 2. The summed E-state index contributed by atoms with van der Waals surface area (Å²) < 4.78 is 25.2. The van der Waals surface area contributed by atoms with Gasteiger partial charge in [-0.1, -0.05) is 19.3 Å². The number of carbonyl (C=O) groups is 1. The Morgan fingerprint density at radius 2 is 1.90 bits per heavy atom. The van der Waals surface area contributed by atoms with E-state index in [4.69, 9.17) is 0 Å². The number of aliphatic hydroxyl groups is 1. The van der Waals surface area contributed by atoms with Crippen LogP contribution in [0.1, 0.15) is 44.0 Å². The molecule has 1 aliphatic heterocycles. The Balaban J connectivity index is 1.57. The lowest BCUT2D eigenvalue weighted by atomic mass is 9.79. The molecule has 2 aliphatic rings. The lowest BCUT2D eigenvalue weighted by Crippen LogP contribution is -2.55. The van der Waals surface area contributed by atoms with Gasteiger partial charge in [0.05, 0.1) is 10.6 Å². The summed E-state index contributed by atoms with van der Waals surface area (Å²) in [6.45, 7) is 0. The van der Waals surface area contributed by atoms with Gasteiger partial charge in [-0.05, 0) is 43.2 Å². The molecule has 2 aromatic heterocycles. The van der Waals surface area contributed by atoms with Crippen LogP contribution in [0.5, 0.6) is 0 Å². The smallest absolute Gasteiger partial charge is 0.248 e. The topological polar surface area (TPSA) is 126 Å². The van der Waals surface area contributed by atoms with Crippen LogP contribution in [0.3, 0.4) is 0 Å². The molecule has 9 nitrogen and oxygen atoms in total. The van der Waals surface area contributed by atoms with Gasteiger partial charge in [-0.25, -0.2) is 13.4 Å². The second-order valence-corrected chi connectivity index (χ2v) is 10.3. The van der Waals surface area contributed by atoms with E-state index in [1.807, 2.05) is 10.6 Å². The zero-order valence-electron chi connectivity index (χ0n) is 17.0. The van der Waals surface area contributed by atoms with Crippen LogP contribution in [0.25, 0.3) is 11.0 Å². The Morgan fingerprint density at radius 3 is 2.58 bits per heavy atom. The Hall–Kier alpha value is -2.98. The summed E-state index contributed by atoms with van der Waals surface area (Å²) >= 11 is 0. The molecule has 1 amide bonds. The number of sulfone groups is 1. The molecule has 1 atom stereocenters. The number of nitrogens with one attached hydrogen (secondary N) is 2. The van der Waals surface area contributed by atoms with Crippen molar-refractivity contribution in [1.29, 1.82) is 0 Å². The average Bonchev–Trinajstić information content (AvgIpc) is 3.13. The predicted molar refractivity (Wildman–Crippen MR) is 115 cm³/mol. The fraction of sp³-hybridized carbons (Fsp3) is 0.381. The van der Waals surface area contributed by atoms with E-state index >= 15 is 0 Å². The van der Waals surface area contributed by atoms with E-state index in [1.54, 1.807) is 18.3 Å². The predicted octanol–water partition coefficient (Wildman–Crippen LogP) is 2.36. The summed E-state index contributed by atoms with van der Waals surface area (Å²) in [4.78, 5) is 22.2. The Kier molecular flexibility index (Phi) is 4.52. The Bertz CT molecular complexity index is 1280. The molecule has 0 bridgehead atoms. The molecule has 1 saturated carbocycles. The number of hydrogen-bond donors (Lipinski definition) is 3. The molecule has 1 aliphatic carbocycles. The molecular weight excluding hydrogens is 418 g/mol. The summed E-state index contributed by atoms with van der Waals surface area (Å²) in [5.41, 5.74) is 1.09. The maximum absolute atomic E-state index is 13.0. The van der Waals surface area contributed by atoms with Gasteiger partial charge in [0.2, 0.25) is 11.9 Å². The number of hydrogen-bond acceptors (Lipinski definition) is 7. The summed E-state index contributed by atoms with van der Waals surface area (Å²) in [5.74, 6) is 0.154. The molecule has 1 aromatic carbocycles. The molecule has 3 N–H and O–H groups in total. The van der Waals surface area contributed by atoms with Gasteiger partial charge in [-0.15, -0.1) is 0 Å². The van der Waals surface area contributed by atoms with Crippen LogP contribution >= 0.6 is 0 Å². The van der Waals surface area contributed by atoms with Crippen molar-refractivity contribution in [2.24, 2.45) is 0 Å². The van der Waals surface area contributed by atoms with Gasteiger partial charge in [0.15, 0.2) is 16.1 Å². The summed E-state index contributed by atoms with van der Waals surface area (Å²) in [6, 6.07) is 8.16. The van der Waals surface area contributed by atoms with Gasteiger partial charge in [0.1, 0.15) is 11.2 Å². The summed E-state index contributed by atoms with van der Waals surface area (Å²) in [6.07, 6.45) is 6.08. The van der Waals surface area contributed by atoms with Crippen molar-refractivity contribution < 1.29 is 18.3 Å². The van der Waals surface area contributed by atoms with E-state index in [-0.39, 0.29) is 10.8 Å². The highest BCUT2D eigenvalue weighted by Gasteiger charge is 2.48. The number of aromatic nitrogens is 3. The minimum absolute atomic E-state index is 0.172. The molecule has 10 heteroatoms. The van der Waals surface area contributed by atoms with E-state index in [2.05, 4.69) is 20.6 Å². The molecule has 162 valence electrons. The number of nitrogens with zero attached hydrogens (tertiary/aromatic N) is 3. The minimum atomic E-state index is -3.27. The summed E-state index contributed by atoms with van der Waals surface area (Å²) in [5, 5.41) is 17.0. The number of amides is 1. The molecule has 1 unspecified atom stereocenters. The van der Waals surface area contributed by atoms with Gasteiger partial charge in [0.25, 0.3) is 0 Å². The van der Waals surface area contributed by atoms with Crippen molar-refractivity contribution in [1.82, 2.24) is 19.9 Å². The molecule has 1 spiro atoms. The quantitative estimate of drug-likeness (QED) is 0.569. The van der Waals surface area contributed by atoms with Crippen molar-refractivity contribution in [3.05, 3.63) is 42.2 Å². The van der Waals surface area contributed by atoms with Crippen LogP contribution in [0.15, 0.2) is 41.4 Å². The van der Waals surface area contributed by atoms with Gasteiger partial charge in [-0.3, -0.25) is 4.79 Å². The van der Waals surface area contributed by atoms with Crippen molar-refractivity contribution in [3.8, 4) is 0 Å². The van der Waals surface area contributed by atoms with Crippen molar-refractivity contribution in [2.75, 3.05) is 11.6 Å². The number of aliphatic hydroxyl groups excluding tert-OH is 1. The van der Waals surface area contributed by atoms with Crippen LogP contribution in [0, 0.1) is 0 Å². The van der Waals surface area contributed by atoms with Gasteiger partial charge >= 0.3 is 0 Å². The van der Waals surface area contributed by atoms with Crippen molar-refractivity contribution >= 4 is 38.4 Å². The van der Waals surface area contributed by atoms with Crippen molar-refractivity contribution in [2.45, 2.75) is 48.8 Å². The maximum Gasteiger partial charge on any atom is 0.248 e. The molecule has 1 fully saturated rings. The third-order valence-electron chi connectivity index (χ3n) is 6.19. The average molecular weight is 442 g/mol. The van der Waals surface area contributed by atoms with E-state index in [0.29, 0.717) is 35.8 Å². The SMILES string of the molecule is CS(=O)(=O)c1ccc(Nc2ncc3cc4n(c3n2)C2(CCCCC2)C(=O)NC4O)cc1. The van der Waals surface area contributed by atoms with E-state index < -0.39 is 21.6 Å².